The van der Waals surface area contributed by atoms with Crippen LogP contribution in [0.15, 0.2) is 12.7 Å². The number of rotatable bonds is 6. The molecule has 3 rings (SSSR count). The Balaban J connectivity index is 0.00000280. The summed E-state index contributed by atoms with van der Waals surface area (Å²) in [7, 11) is -5.44. The molecule has 0 saturated carbocycles. The van der Waals surface area contributed by atoms with Gasteiger partial charge in [-0.15, -0.1) is 0 Å². The van der Waals surface area contributed by atoms with Crippen LogP contribution in [0.5, 0.6) is 0 Å². The van der Waals surface area contributed by atoms with Crippen LogP contribution >= 0.6 is 15.3 Å². The van der Waals surface area contributed by atoms with E-state index in [0.29, 0.717) is 0 Å². The van der Waals surface area contributed by atoms with Gasteiger partial charge in [0.25, 0.3) is 0 Å². The first-order chi connectivity index (χ1) is 12.5. The number of aliphatic hydroxyl groups is 2. The SMILES string of the molecule is [B-]P(=O)(OC[C@H]1O[C@@H](n2cnc3c(N)ncnc32)[C@H](O)[C@@H]1O)OP(=O)([O-])[O-].[Na+].[Na+].[Na+]. The first-order valence-corrected chi connectivity index (χ1v) is 10.3. The molecule has 3 radical (unpaired) electrons. The second kappa shape index (κ2) is 12.3. The zero-order valence-corrected chi connectivity index (χ0v) is 24.1. The topological polar surface area (TPSA) is 218 Å². The van der Waals surface area contributed by atoms with Gasteiger partial charge in [0.2, 0.25) is 0 Å². The van der Waals surface area contributed by atoms with Gasteiger partial charge in [0, 0.05) is 0 Å². The monoisotopic (exact) mass is 488 g/mol. The summed E-state index contributed by atoms with van der Waals surface area (Å²) < 4.78 is 37.0. The van der Waals surface area contributed by atoms with Crippen LogP contribution in [0.1, 0.15) is 6.23 Å². The van der Waals surface area contributed by atoms with E-state index in [0.717, 1.165) is 0 Å². The molecule has 4 N–H and O–H groups in total. The minimum atomic E-state index is -5.66. The van der Waals surface area contributed by atoms with Gasteiger partial charge in [0.15, 0.2) is 17.7 Å². The fourth-order valence-corrected chi connectivity index (χ4v) is 4.15. The van der Waals surface area contributed by atoms with E-state index in [-0.39, 0.29) is 106 Å². The number of nitrogens with zero attached hydrogens (tertiary/aromatic N) is 4. The maximum absolute atomic E-state index is 11.6. The van der Waals surface area contributed by atoms with Crippen molar-refractivity contribution < 1.29 is 131 Å². The standard InChI is InChI=1S/C10H14BN5O9P2.3Na/c11-26(19,25-27(20,21)22)23-1-4-6(17)7(18)10(24-4)16-3-15-5-8(12)13-2-14-9(5)16;;;/h2-4,6-7,10,17-18H,1H2,(H2,12,13,14)(H2,20,21,22);;;/q-1;3*+1/p-2/t4-,6-,7-,10-,26?;;;/m1.../s1. The molecule has 3 heterocycles. The Morgan fingerprint density at radius 3 is 2.43 bits per heavy atom. The van der Waals surface area contributed by atoms with Crippen LogP contribution < -0.4 is 104 Å². The number of phosphoric acid groups is 1. The van der Waals surface area contributed by atoms with Gasteiger partial charge in [-0.2, -0.15) is 0 Å². The van der Waals surface area contributed by atoms with Crippen LogP contribution in [0.2, 0.25) is 0 Å². The molecule has 0 amide bonds. The van der Waals surface area contributed by atoms with E-state index in [2.05, 4.69) is 23.8 Å². The molecule has 1 aliphatic heterocycles. The van der Waals surface area contributed by atoms with Gasteiger partial charge in [-0.3, -0.25) is 4.57 Å². The van der Waals surface area contributed by atoms with Crippen molar-refractivity contribution in [3.8, 4) is 0 Å². The van der Waals surface area contributed by atoms with Gasteiger partial charge in [-0.25, -0.2) is 15.0 Å². The third kappa shape index (κ3) is 7.56. The molecule has 0 aliphatic carbocycles. The summed E-state index contributed by atoms with van der Waals surface area (Å²) in [5.74, 6) is 0.0903. The fourth-order valence-electron chi connectivity index (χ4n) is 2.49. The van der Waals surface area contributed by atoms with Crippen LogP contribution in [0.25, 0.3) is 11.2 Å². The molecule has 1 saturated heterocycles. The molecule has 1 aliphatic rings. The molecule has 1 unspecified atom stereocenters. The average Bonchev–Trinajstić information content (AvgIpc) is 3.07. The summed E-state index contributed by atoms with van der Waals surface area (Å²) in [6, 6.07) is 0. The summed E-state index contributed by atoms with van der Waals surface area (Å²) >= 11 is 0. The van der Waals surface area contributed by atoms with Crippen molar-refractivity contribution in [1.82, 2.24) is 19.5 Å². The molecule has 5 atom stereocenters. The largest absolute Gasteiger partial charge is 1.00 e. The van der Waals surface area contributed by atoms with Crippen molar-refractivity contribution in [2.24, 2.45) is 0 Å². The third-order valence-corrected chi connectivity index (χ3v) is 5.85. The van der Waals surface area contributed by atoms with Crippen LogP contribution in [-0.4, -0.2) is 62.2 Å². The van der Waals surface area contributed by atoms with Crippen molar-refractivity contribution >= 4 is 39.8 Å². The number of nitrogen functional groups attached to an aromatic ring is 1. The Morgan fingerprint density at radius 2 is 1.83 bits per heavy atom. The average molecular weight is 488 g/mol. The van der Waals surface area contributed by atoms with E-state index in [9.17, 15) is 29.1 Å². The molecule has 2 aromatic rings. The van der Waals surface area contributed by atoms with Crippen molar-refractivity contribution in [1.29, 1.82) is 0 Å². The molecule has 30 heavy (non-hydrogen) atoms. The molecule has 1 fully saturated rings. The normalized spacial score (nSPS) is 25.6. The van der Waals surface area contributed by atoms with E-state index in [4.69, 9.17) is 18.0 Å². The second-order valence-corrected chi connectivity index (χ2v) is 8.38. The molecular formula is C10H12BN5Na3O9P2. The maximum Gasteiger partial charge on any atom is 1.00 e. The maximum atomic E-state index is 11.6. The molecular weight excluding hydrogens is 476 g/mol. The zero-order valence-electron chi connectivity index (χ0n) is 16.3. The molecule has 14 nitrogen and oxygen atoms in total. The van der Waals surface area contributed by atoms with Gasteiger partial charge < -0.3 is 56.0 Å². The quantitative estimate of drug-likeness (QED) is 0.255. The molecule has 147 valence electrons. The number of hydrogen-bond acceptors (Lipinski definition) is 13. The molecule has 2 aromatic heterocycles. The smallest absolute Gasteiger partial charge is 0.790 e. The summed E-state index contributed by atoms with van der Waals surface area (Å²) in [6.45, 7) is -0.744. The summed E-state index contributed by atoms with van der Waals surface area (Å²) in [5, 5.41) is 20.3. The Labute approximate surface area is 237 Å². The van der Waals surface area contributed by atoms with Gasteiger partial charge in [0.05, 0.1) is 28.2 Å². The van der Waals surface area contributed by atoms with Crippen LogP contribution in [0, 0.1) is 0 Å². The van der Waals surface area contributed by atoms with Crippen molar-refractivity contribution in [3.05, 3.63) is 12.7 Å². The summed E-state index contributed by atoms with van der Waals surface area (Å²) in [4.78, 5) is 32.7. The minimum absolute atomic E-state index is 0. The van der Waals surface area contributed by atoms with Gasteiger partial charge in [0.1, 0.15) is 30.2 Å². The predicted octanol–water partition coefficient (Wildman–Crippen LogP) is -11.8. The predicted molar refractivity (Wildman–Crippen MR) is 83.7 cm³/mol. The third-order valence-electron chi connectivity index (χ3n) is 3.63. The number of hydrogen-bond donors (Lipinski definition) is 3. The first-order valence-electron chi connectivity index (χ1n) is 7.20. The first kappa shape index (κ1) is 31.6. The van der Waals surface area contributed by atoms with E-state index < -0.39 is 46.4 Å². The summed E-state index contributed by atoms with van der Waals surface area (Å²) in [6.07, 6.45) is -3.09. The Hall–Kier alpha value is 1.59. The minimum Gasteiger partial charge on any atom is -0.790 e. The number of anilines is 1. The Morgan fingerprint density at radius 1 is 1.20 bits per heavy atom. The second-order valence-electron chi connectivity index (χ2n) is 5.49. The van der Waals surface area contributed by atoms with Crippen LogP contribution in [-0.2, 0) is 22.7 Å². The number of aliphatic hydroxyl groups excluding tert-OH is 2. The molecule has 20 heteroatoms. The Kier molecular flexibility index (Phi) is 13.0. The molecule has 0 aromatic carbocycles. The van der Waals surface area contributed by atoms with E-state index >= 15 is 0 Å². The number of nitrogens with two attached hydrogens (primary N) is 1. The molecule has 0 bridgehead atoms. The van der Waals surface area contributed by atoms with Crippen LogP contribution in [0.3, 0.4) is 0 Å². The van der Waals surface area contributed by atoms with Crippen molar-refractivity contribution in [2.75, 3.05) is 12.3 Å². The van der Waals surface area contributed by atoms with Gasteiger partial charge in [-0.1, -0.05) is 0 Å². The molecule has 0 spiro atoms. The van der Waals surface area contributed by atoms with Gasteiger partial charge in [-0.05, 0) is 0 Å². The van der Waals surface area contributed by atoms with E-state index in [1.54, 1.807) is 0 Å². The van der Waals surface area contributed by atoms with Crippen molar-refractivity contribution in [3.63, 3.8) is 0 Å². The van der Waals surface area contributed by atoms with Crippen LogP contribution in [0.4, 0.5) is 5.82 Å². The van der Waals surface area contributed by atoms with Crippen molar-refractivity contribution in [2.45, 2.75) is 24.5 Å². The summed E-state index contributed by atoms with van der Waals surface area (Å²) in [5.41, 5.74) is 6.13. The number of ether oxygens (including phenoxy) is 1. The van der Waals surface area contributed by atoms with E-state index in [1.807, 2.05) is 0 Å². The fraction of sp³-hybridized carbons (Fsp3) is 0.500. The van der Waals surface area contributed by atoms with Gasteiger partial charge >= 0.3 is 88.7 Å². The number of fused-ring (bicyclic) bond motifs is 1. The Bertz CT molecular complexity index is 951. The van der Waals surface area contributed by atoms with E-state index in [1.165, 1.54) is 17.2 Å². The number of imidazole rings is 1. The number of aromatic nitrogens is 4. The zero-order chi connectivity index (χ0) is 20.0.